The summed E-state index contributed by atoms with van der Waals surface area (Å²) in [6, 6.07) is 0. The molecule has 3 unspecified atom stereocenters. The Hall–Kier alpha value is -0.160. The van der Waals surface area contributed by atoms with Crippen LogP contribution in [-0.2, 0) is 18.9 Å². The van der Waals surface area contributed by atoms with Crippen LogP contribution in [0.5, 0.6) is 0 Å². The van der Waals surface area contributed by atoms with Crippen LogP contribution in [-0.4, -0.2) is 51.3 Å². The van der Waals surface area contributed by atoms with Gasteiger partial charge in [-0.1, -0.05) is 26.2 Å². The second-order valence-corrected chi connectivity index (χ2v) is 5.93. The van der Waals surface area contributed by atoms with Crippen molar-refractivity contribution in [2.75, 3.05) is 33.0 Å². The van der Waals surface area contributed by atoms with Crippen LogP contribution in [0.1, 0.15) is 51.9 Å². The largest absolute Gasteiger partial charge is 0.379 e. The number of hydrogen-bond donors (Lipinski definition) is 0. The molecule has 0 amide bonds. The smallest absolute Gasteiger partial charge is 0.104 e. The van der Waals surface area contributed by atoms with E-state index in [-0.39, 0.29) is 0 Å². The maximum atomic E-state index is 5.98. The maximum Gasteiger partial charge on any atom is 0.104 e. The molecule has 0 aromatic carbocycles. The predicted molar refractivity (Wildman–Crippen MR) is 78.0 cm³/mol. The number of unbranched alkanes of at least 4 members (excludes halogenated alkanes) is 3. The van der Waals surface area contributed by atoms with E-state index in [2.05, 4.69) is 6.92 Å². The average Bonchev–Trinajstić information content (AvgIpc) is 3.33. The molecule has 0 aromatic heterocycles. The van der Waals surface area contributed by atoms with Gasteiger partial charge < -0.3 is 18.9 Å². The molecule has 0 N–H and O–H groups in total. The standard InChI is InChI=1S/C16H30O4/c1-2-3-4-7-14(18-12-16-13-20-16)8-5-6-9-17-10-15-11-19-15/h14-16H,2-13H2,1H3. The maximum absolute atomic E-state index is 5.98. The molecule has 2 aliphatic heterocycles. The molecule has 4 heteroatoms. The first kappa shape index (κ1) is 16.2. The highest BCUT2D eigenvalue weighted by Gasteiger charge is 2.24. The zero-order chi connectivity index (χ0) is 14.0. The van der Waals surface area contributed by atoms with Crippen molar-refractivity contribution in [3.63, 3.8) is 0 Å². The first-order valence-corrected chi connectivity index (χ1v) is 8.31. The summed E-state index contributed by atoms with van der Waals surface area (Å²) in [6.45, 7) is 6.43. The minimum atomic E-state index is 0.380. The predicted octanol–water partition coefficient (Wildman–Crippen LogP) is 2.94. The lowest BCUT2D eigenvalue weighted by molar-refractivity contribution is 0.0269. The van der Waals surface area contributed by atoms with Gasteiger partial charge in [-0.05, 0) is 25.7 Å². The van der Waals surface area contributed by atoms with Crippen molar-refractivity contribution in [3.8, 4) is 0 Å². The van der Waals surface area contributed by atoms with Crippen LogP contribution < -0.4 is 0 Å². The Labute approximate surface area is 123 Å². The van der Waals surface area contributed by atoms with Gasteiger partial charge in [0.05, 0.1) is 32.5 Å². The van der Waals surface area contributed by atoms with Crippen molar-refractivity contribution >= 4 is 0 Å². The van der Waals surface area contributed by atoms with Gasteiger partial charge in [-0.25, -0.2) is 0 Å². The summed E-state index contributed by atoms with van der Waals surface area (Å²) in [5.41, 5.74) is 0. The van der Waals surface area contributed by atoms with E-state index in [9.17, 15) is 0 Å². The van der Waals surface area contributed by atoms with Gasteiger partial charge in [0.2, 0.25) is 0 Å². The van der Waals surface area contributed by atoms with Gasteiger partial charge in [0.1, 0.15) is 12.2 Å². The van der Waals surface area contributed by atoms with Gasteiger partial charge in [0.25, 0.3) is 0 Å². The highest BCUT2D eigenvalue weighted by molar-refractivity contribution is 4.70. The molecule has 2 fully saturated rings. The normalized spacial score (nSPS) is 25.6. The van der Waals surface area contributed by atoms with E-state index in [1.807, 2.05) is 0 Å². The van der Waals surface area contributed by atoms with Crippen molar-refractivity contribution in [1.29, 1.82) is 0 Å². The second kappa shape index (κ2) is 9.72. The minimum Gasteiger partial charge on any atom is -0.379 e. The van der Waals surface area contributed by atoms with Crippen molar-refractivity contribution in [3.05, 3.63) is 0 Å². The molecular formula is C16H30O4. The highest BCUT2D eigenvalue weighted by Crippen LogP contribution is 2.17. The van der Waals surface area contributed by atoms with Gasteiger partial charge in [-0.3, -0.25) is 0 Å². The minimum absolute atomic E-state index is 0.380. The third-order valence-corrected chi connectivity index (χ3v) is 3.82. The van der Waals surface area contributed by atoms with Gasteiger partial charge in [0, 0.05) is 6.61 Å². The molecule has 0 spiro atoms. The third-order valence-electron chi connectivity index (χ3n) is 3.82. The van der Waals surface area contributed by atoms with Crippen LogP contribution in [0.25, 0.3) is 0 Å². The van der Waals surface area contributed by atoms with Gasteiger partial charge in [0.15, 0.2) is 0 Å². The zero-order valence-electron chi connectivity index (χ0n) is 12.9. The Balaban J connectivity index is 1.46. The summed E-state index contributed by atoms with van der Waals surface area (Å²) < 4.78 is 21.9. The van der Waals surface area contributed by atoms with Crippen LogP contribution >= 0.6 is 0 Å². The summed E-state index contributed by atoms with van der Waals surface area (Å²) in [5.74, 6) is 0. The summed E-state index contributed by atoms with van der Waals surface area (Å²) in [4.78, 5) is 0. The van der Waals surface area contributed by atoms with Crippen molar-refractivity contribution in [2.45, 2.75) is 70.2 Å². The molecule has 2 rings (SSSR count). The first-order valence-electron chi connectivity index (χ1n) is 8.31. The lowest BCUT2D eigenvalue weighted by Gasteiger charge is -2.17. The van der Waals surface area contributed by atoms with E-state index in [4.69, 9.17) is 18.9 Å². The van der Waals surface area contributed by atoms with E-state index in [1.54, 1.807) is 0 Å². The number of epoxide rings is 2. The Morgan fingerprint density at radius 2 is 1.60 bits per heavy atom. The fourth-order valence-electron chi connectivity index (χ4n) is 2.30. The number of ether oxygens (including phenoxy) is 4. The van der Waals surface area contributed by atoms with Crippen LogP contribution in [0, 0.1) is 0 Å². The van der Waals surface area contributed by atoms with Crippen molar-refractivity contribution in [2.24, 2.45) is 0 Å². The van der Waals surface area contributed by atoms with Crippen LogP contribution in [0.4, 0.5) is 0 Å². The van der Waals surface area contributed by atoms with Crippen molar-refractivity contribution < 1.29 is 18.9 Å². The summed E-state index contributed by atoms with van der Waals surface area (Å²) in [5, 5.41) is 0. The molecule has 0 saturated carbocycles. The van der Waals surface area contributed by atoms with Gasteiger partial charge in [-0.2, -0.15) is 0 Å². The molecule has 0 aromatic rings. The Bertz CT molecular complexity index is 239. The van der Waals surface area contributed by atoms with Crippen LogP contribution in [0.2, 0.25) is 0 Å². The highest BCUT2D eigenvalue weighted by atomic mass is 16.6. The van der Waals surface area contributed by atoms with Crippen LogP contribution in [0.15, 0.2) is 0 Å². The lowest BCUT2D eigenvalue weighted by Crippen LogP contribution is -2.16. The summed E-state index contributed by atoms with van der Waals surface area (Å²) in [6.07, 6.45) is 9.70. The Morgan fingerprint density at radius 3 is 2.25 bits per heavy atom. The summed E-state index contributed by atoms with van der Waals surface area (Å²) in [7, 11) is 0. The van der Waals surface area contributed by atoms with E-state index in [1.165, 1.54) is 32.1 Å². The van der Waals surface area contributed by atoms with Crippen molar-refractivity contribution in [1.82, 2.24) is 0 Å². The molecule has 4 nitrogen and oxygen atoms in total. The van der Waals surface area contributed by atoms with E-state index in [0.717, 1.165) is 45.9 Å². The molecule has 2 heterocycles. The topological polar surface area (TPSA) is 43.5 Å². The van der Waals surface area contributed by atoms with Gasteiger partial charge >= 0.3 is 0 Å². The zero-order valence-corrected chi connectivity index (χ0v) is 12.9. The second-order valence-electron chi connectivity index (χ2n) is 5.93. The van der Waals surface area contributed by atoms with Gasteiger partial charge in [-0.15, -0.1) is 0 Å². The monoisotopic (exact) mass is 286 g/mol. The fraction of sp³-hybridized carbons (Fsp3) is 1.00. The van der Waals surface area contributed by atoms with E-state index >= 15 is 0 Å². The third kappa shape index (κ3) is 8.20. The molecule has 0 radical (unpaired) electrons. The Kier molecular flexibility index (Phi) is 7.88. The summed E-state index contributed by atoms with van der Waals surface area (Å²) >= 11 is 0. The number of hydrogen-bond acceptors (Lipinski definition) is 4. The molecule has 0 bridgehead atoms. The quantitative estimate of drug-likeness (QED) is 0.364. The molecule has 2 aliphatic rings. The Morgan fingerprint density at radius 1 is 0.950 bits per heavy atom. The molecule has 2 saturated heterocycles. The molecule has 0 aliphatic carbocycles. The lowest BCUT2D eigenvalue weighted by atomic mass is 10.1. The first-order chi connectivity index (χ1) is 9.88. The fourth-order valence-corrected chi connectivity index (χ4v) is 2.30. The van der Waals surface area contributed by atoms with E-state index < -0.39 is 0 Å². The molecule has 20 heavy (non-hydrogen) atoms. The van der Waals surface area contributed by atoms with E-state index in [0.29, 0.717) is 18.3 Å². The molecule has 118 valence electrons. The SMILES string of the molecule is CCCCCC(CCCCOCC1CO1)OCC1CO1. The molecule has 3 atom stereocenters. The van der Waals surface area contributed by atoms with Crippen LogP contribution in [0.3, 0.4) is 0 Å². The average molecular weight is 286 g/mol. The number of rotatable bonds is 14. The molecular weight excluding hydrogens is 256 g/mol.